The maximum Gasteiger partial charge on any atom is 0.254 e. The van der Waals surface area contributed by atoms with E-state index in [0.717, 1.165) is 6.07 Å². The van der Waals surface area contributed by atoms with Gasteiger partial charge in [0.15, 0.2) is 11.6 Å². The van der Waals surface area contributed by atoms with Crippen LogP contribution in [0.25, 0.3) is 0 Å². The van der Waals surface area contributed by atoms with Gasteiger partial charge < -0.3 is 25.0 Å². The topological polar surface area (TPSA) is 101 Å². The molecule has 7 nitrogen and oxygen atoms in total. The van der Waals surface area contributed by atoms with Crippen LogP contribution in [-0.2, 0) is 9.53 Å². The fourth-order valence-corrected chi connectivity index (χ4v) is 3.88. The minimum atomic E-state index is -1.18. The van der Waals surface area contributed by atoms with Crippen LogP contribution < -0.4 is 10.1 Å². The van der Waals surface area contributed by atoms with E-state index in [1.54, 1.807) is 0 Å². The van der Waals surface area contributed by atoms with Crippen LogP contribution in [0.2, 0.25) is 0 Å². The Morgan fingerprint density at radius 1 is 1.35 bits per heavy atom. The number of aliphatic hydroxyl groups is 2. The molecule has 0 unspecified atom stereocenters. The van der Waals surface area contributed by atoms with E-state index in [1.807, 2.05) is 20.8 Å². The number of aromatic nitrogens is 1. The number of aliphatic hydroxyl groups excluding tert-OH is 2. The zero-order valence-electron chi connectivity index (χ0n) is 17.7. The van der Waals surface area contributed by atoms with Gasteiger partial charge in [-0.25, -0.2) is 4.39 Å². The SMILES string of the molecule is COc1c([C@H]2[C@H](C(=O)Nc3ccnc([C@@H](O)CO)c3)OC(C)(C)[C@H]2C)ccc(F)c1F. The molecule has 0 radical (unpaired) electrons. The summed E-state index contributed by atoms with van der Waals surface area (Å²) >= 11 is 0. The van der Waals surface area contributed by atoms with Crippen molar-refractivity contribution >= 4 is 11.6 Å². The van der Waals surface area contributed by atoms with Gasteiger partial charge in [-0.3, -0.25) is 9.78 Å². The van der Waals surface area contributed by atoms with E-state index in [2.05, 4.69) is 10.3 Å². The number of amides is 1. The molecule has 168 valence electrons. The summed E-state index contributed by atoms with van der Waals surface area (Å²) in [4.78, 5) is 17.1. The fraction of sp³-hybridized carbons (Fsp3) is 0.455. The first-order valence-electron chi connectivity index (χ1n) is 9.86. The molecule has 4 atom stereocenters. The highest BCUT2D eigenvalue weighted by atomic mass is 19.2. The first-order chi connectivity index (χ1) is 14.6. The van der Waals surface area contributed by atoms with Crippen molar-refractivity contribution in [3.63, 3.8) is 0 Å². The molecule has 3 N–H and O–H groups in total. The van der Waals surface area contributed by atoms with Gasteiger partial charge >= 0.3 is 0 Å². The van der Waals surface area contributed by atoms with Gasteiger partial charge in [-0.05, 0) is 38.0 Å². The van der Waals surface area contributed by atoms with Crippen molar-refractivity contribution in [2.45, 2.75) is 44.5 Å². The standard InChI is InChI=1S/C22H26F2N2O5/c1-11-17(13-5-6-14(23)18(24)19(13)30-4)20(31-22(11,2)3)21(29)26-12-7-8-25-15(9-12)16(28)10-27/h5-9,11,16-17,20,27-28H,10H2,1-4H3,(H,25,26,29)/t11-,16-,17-,20+/m0/s1. The fourth-order valence-electron chi connectivity index (χ4n) is 3.88. The summed E-state index contributed by atoms with van der Waals surface area (Å²) in [6.07, 6.45) is -0.803. The van der Waals surface area contributed by atoms with Gasteiger partial charge in [0.2, 0.25) is 5.82 Å². The van der Waals surface area contributed by atoms with Crippen molar-refractivity contribution < 1.29 is 33.3 Å². The van der Waals surface area contributed by atoms with Crippen LogP contribution in [0, 0.1) is 17.6 Å². The summed E-state index contributed by atoms with van der Waals surface area (Å²) in [6.45, 7) is 5.01. The summed E-state index contributed by atoms with van der Waals surface area (Å²) in [6, 6.07) is 5.38. The number of carbonyl (C=O) groups excluding carboxylic acids is 1. The van der Waals surface area contributed by atoms with E-state index in [0.29, 0.717) is 11.3 Å². The number of benzene rings is 1. The Hall–Kier alpha value is -2.62. The summed E-state index contributed by atoms with van der Waals surface area (Å²) in [5.41, 5.74) is 0.157. The molecule has 1 aliphatic heterocycles. The summed E-state index contributed by atoms with van der Waals surface area (Å²) in [5, 5.41) is 21.6. The lowest BCUT2D eigenvalue weighted by molar-refractivity contribution is -0.131. The Labute approximate surface area is 179 Å². The molecule has 3 rings (SSSR count). The van der Waals surface area contributed by atoms with E-state index in [-0.39, 0.29) is 17.4 Å². The van der Waals surface area contributed by atoms with E-state index < -0.39 is 47.9 Å². The Morgan fingerprint density at radius 2 is 2.06 bits per heavy atom. The van der Waals surface area contributed by atoms with Crippen LogP contribution in [0.1, 0.15) is 44.1 Å². The molecule has 0 aliphatic carbocycles. The number of nitrogens with one attached hydrogen (secondary N) is 1. The van der Waals surface area contributed by atoms with E-state index in [4.69, 9.17) is 14.6 Å². The number of nitrogens with zero attached hydrogens (tertiary/aromatic N) is 1. The Bertz CT molecular complexity index is 969. The number of anilines is 1. The third-order valence-electron chi connectivity index (χ3n) is 5.86. The molecule has 0 saturated carbocycles. The molecule has 1 aliphatic rings. The van der Waals surface area contributed by atoms with Crippen LogP contribution in [0.4, 0.5) is 14.5 Å². The van der Waals surface area contributed by atoms with Gasteiger partial charge in [0.05, 0.1) is 25.0 Å². The highest BCUT2D eigenvalue weighted by Gasteiger charge is 2.51. The number of ether oxygens (including phenoxy) is 2. The number of carbonyl (C=O) groups is 1. The van der Waals surface area contributed by atoms with Crippen molar-refractivity contribution in [1.29, 1.82) is 0 Å². The Morgan fingerprint density at radius 3 is 2.71 bits per heavy atom. The number of halogens is 2. The molecule has 1 aromatic carbocycles. The molecule has 1 saturated heterocycles. The van der Waals surface area contributed by atoms with E-state index in [1.165, 1.54) is 31.5 Å². The largest absolute Gasteiger partial charge is 0.493 e. The van der Waals surface area contributed by atoms with Crippen molar-refractivity contribution in [2.75, 3.05) is 19.0 Å². The zero-order valence-corrected chi connectivity index (χ0v) is 17.7. The minimum Gasteiger partial charge on any atom is -0.493 e. The smallest absolute Gasteiger partial charge is 0.254 e. The monoisotopic (exact) mass is 436 g/mol. The van der Waals surface area contributed by atoms with Crippen LogP contribution in [0.15, 0.2) is 30.5 Å². The summed E-state index contributed by atoms with van der Waals surface area (Å²) in [5.74, 6) is -3.75. The van der Waals surface area contributed by atoms with Gasteiger partial charge in [-0.15, -0.1) is 0 Å². The minimum absolute atomic E-state index is 0.195. The first-order valence-corrected chi connectivity index (χ1v) is 9.86. The van der Waals surface area contributed by atoms with Crippen molar-refractivity contribution in [3.8, 4) is 5.75 Å². The molecule has 31 heavy (non-hydrogen) atoms. The molecule has 2 aromatic rings. The maximum absolute atomic E-state index is 14.4. The average Bonchev–Trinajstić information content (AvgIpc) is 2.99. The first kappa shape index (κ1) is 23.1. The molecule has 9 heteroatoms. The molecule has 0 bridgehead atoms. The number of hydrogen-bond acceptors (Lipinski definition) is 6. The lowest BCUT2D eigenvalue weighted by Crippen LogP contribution is -2.33. The lowest BCUT2D eigenvalue weighted by atomic mass is 9.78. The van der Waals surface area contributed by atoms with Crippen LogP contribution in [0.5, 0.6) is 5.75 Å². The van der Waals surface area contributed by atoms with Crippen LogP contribution in [0.3, 0.4) is 0 Å². The third kappa shape index (κ3) is 4.39. The van der Waals surface area contributed by atoms with Gasteiger partial charge in [-0.2, -0.15) is 4.39 Å². The van der Waals surface area contributed by atoms with Gasteiger partial charge in [0, 0.05) is 23.4 Å². The third-order valence-corrected chi connectivity index (χ3v) is 5.86. The zero-order chi connectivity index (χ0) is 22.9. The van der Waals surface area contributed by atoms with E-state index in [9.17, 15) is 18.7 Å². The van der Waals surface area contributed by atoms with Crippen molar-refractivity contribution in [1.82, 2.24) is 4.98 Å². The Balaban J connectivity index is 1.96. The number of methoxy groups -OCH3 is 1. The second-order valence-electron chi connectivity index (χ2n) is 8.10. The highest BCUT2D eigenvalue weighted by Crippen LogP contribution is 2.49. The second kappa shape index (κ2) is 8.86. The summed E-state index contributed by atoms with van der Waals surface area (Å²) < 4.78 is 39.3. The van der Waals surface area contributed by atoms with Crippen LogP contribution >= 0.6 is 0 Å². The number of pyridine rings is 1. The molecular weight excluding hydrogens is 410 g/mol. The van der Waals surface area contributed by atoms with Gasteiger partial charge in [-0.1, -0.05) is 13.0 Å². The number of rotatable bonds is 6. The van der Waals surface area contributed by atoms with Gasteiger partial charge in [0.1, 0.15) is 12.2 Å². The average molecular weight is 436 g/mol. The Kier molecular flexibility index (Phi) is 6.59. The van der Waals surface area contributed by atoms with Crippen molar-refractivity contribution in [3.05, 3.63) is 53.4 Å². The number of hydrogen-bond donors (Lipinski definition) is 3. The predicted molar refractivity (Wildman–Crippen MR) is 109 cm³/mol. The van der Waals surface area contributed by atoms with Crippen molar-refractivity contribution in [2.24, 2.45) is 5.92 Å². The molecule has 1 fully saturated rings. The second-order valence-corrected chi connectivity index (χ2v) is 8.10. The summed E-state index contributed by atoms with van der Waals surface area (Å²) in [7, 11) is 1.24. The molecule has 1 amide bonds. The normalized spacial score (nSPS) is 23.4. The molecule has 0 spiro atoms. The lowest BCUT2D eigenvalue weighted by Gasteiger charge is -2.25. The molecular formula is C22H26F2N2O5. The van der Waals surface area contributed by atoms with Gasteiger partial charge in [0.25, 0.3) is 5.91 Å². The molecule has 1 aromatic heterocycles. The molecule has 2 heterocycles. The highest BCUT2D eigenvalue weighted by molar-refractivity contribution is 5.95. The predicted octanol–water partition coefficient (Wildman–Crippen LogP) is 2.93. The van der Waals surface area contributed by atoms with E-state index >= 15 is 0 Å². The van der Waals surface area contributed by atoms with Crippen LogP contribution in [-0.4, -0.2) is 46.5 Å². The maximum atomic E-state index is 14.4. The quantitative estimate of drug-likeness (QED) is 0.644.